The normalized spacial score (nSPS) is 10.3. The molecule has 2 rings (SSSR count). The highest BCUT2D eigenvalue weighted by Crippen LogP contribution is 2.25. The number of nitriles is 1. The summed E-state index contributed by atoms with van der Waals surface area (Å²) in [6.07, 6.45) is 0. The molecule has 0 bridgehead atoms. The number of rotatable bonds is 4. The van der Waals surface area contributed by atoms with E-state index in [1.54, 1.807) is 19.1 Å². The average molecular weight is 353 g/mol. The Balaban J connectivity index is 2.22. The molecule has 22 heavy (non-hydrogen) atoms. The molecule has 2 aromatic rings. The van der Waals surface area contributed by atoms with Gasteiger partial charge in [-0.05, 0) is 30.7 Å². The first-order chi connectivity index (χ1) is 10.4. The number of carbonyl (C=O) groups is 1. The van der Waals surface area contributed by atoms with Crippen molar-refractivity contribution in [2.24, 2.45) is 0 Å². The summed E-state index contributed by atoms with van der Waals surface area (Å²) in [5.41, 5.74) is 0.980. The van der Waals surface area contributed by atoms with Crippen molar-refractivity contribution in [2.45, 2.75) is 11.9 Å². The second-order valence-electron chi connectivity index (χ2n) is 4.47. The molecular weight excluding hydrogens is 343 g/mol. The molecule has 1 aromatic carbocycles. The van der Waals surface area contributed by atoms with E-state index in [4.69, 9.17) is 28.5 Å². The van der Waals surface area contributed by atoms with Crippen molar-refractivity contribution in [3.05, 3.63) is 61.4 Å². The number of ketones is 1. The van der Waals surface area contributed by atoms with Crippen molar-refractivity contribution in [1.82, 2.24) is 4.98 Å². The smallest absolute Gasteiger partial charge is 0.249 e. The lowest BCUT2D eigenvalue weighted by molar-refractivity contribution is 0.102. The number of halogens is 2. The summed E-state index contributed by atoms with van der Waals surface area (Å²) in [4.78, 5) is 26.3. The van der Waals surface area contributed by atoms with Gasteiger partial charge in [-0.1, -0.05) is 35.0 Å². The van der Waals surface area contributed by atoms with E-state index in [-0.39, 0.29) is 22.1 Å². The van der Waals surface area contributed by atoms with Crippen molar-refractivity contribution in [1.29, 1.82) is 5.26 Å². The van der Waals surface area contributed by atoms with Gasteiger partial charge in [0.25, 0.3) is 0 Å². The number of hydrogen-bond donors (Lipinski definition) is 1. The van der Waals surface area contributed by atoms with Crippen LogP contribution >= 0.6 is 35.0 Å². The van der Waals surface area contributed by atoms with E-state index in [1.165, 1.54) is 12.1 Å². The Kier molecular flexibility index (Phi) is 5.30. The van der Waals surface area contributed by atoms with Crippen LogP contribution in [0.3, 0.4) is 0 Å². The fraction of sp³-hybridized carbons (Fsp3) is 0.133. The second kappa shape index (κ2) is 7.01. The van der Waals surface area contributed by atoms with Gasteiger partial charge in [-0.25, -0.2) is 0 Å². The molecule has 1 heterocycles. The van der Waals surface area contributed by atoms with Crippen molar-refractivity contribution >= 4 is 40.7 Å². The zero-order valence-electron chi connectivity index (χ0n) is 11.4. The van der Waals surface area contributed by atoms with Crippen LogP contribution in [0.2, 0.25) is 10.0 Å². The highest BCUT2D eigenvalue weighted by atomic mass is 35.5. The molecule has 1 aromatic heterocycles. The molecule has 0 saturated heterocycles. The molecule has 0 amide bonds. The van der Waals surface area contributed by atoms with Crippen LogP contribution in [0.1, 0.15) is 21.5 Å². The van der Waals surface area contributed by atoms with Crippen LogP contribution in [-0.2, 0) is 0 Å². The molecule has 0 fully saturated rings. The minimum absolute atomic E-state index is 0.0510. The van der Waals surface area contributed by atoms with Crippen molar-refractivity contribution < 1.29 is 4.79 Å². The zero-order valence-corrected chi connectivity index (χ0v) is 13.8. The summed E-state index contributed by atoms with van der Waals surface area (Å²) in [6.45, 7) is 1.68. The third-order valence-electron chi connectivity index (χ3n) is 2.90. The number of nitrogens with one attached hydrogen (secondary N) is 1. The Bertz CT molecular complexity index is 840. The number of carbonyl (C=O) groups excluding carboxylic acids is 1. The summed E-state index contributed by atoms with van der Waals surface area (Å²) < 4.78 is 0. The van der Waals surface area contributed by atoms with Gasteiger partial charge >= 0.3 is 0 Å². The molecule has 4 nitrogen and oxygen atoms in total. The van der Waals surface area contributed by atoms with Gasteiger partial charge in [-0.15, -0.1) is 0 Å². The molecule has 1 N–H and O–H groups in total. The Morgan fingerprint density at radius 1 is 1.36 bits per heavy atom. The molecular formula is C15H10Cl2N2O2S. The minimum Gasteiger partial charge on any atom is -0.316 e. The van der Waals surface area contributed by atoms with Gasteiger partial charge in [0.05, 0.1) is 21.4 Å². The molecule has 0 aliphatic carbocycles. The standard InChI is InChI=1S/C15H10Cl2N2O2S/c1-8-4-14(21)19-15(11(8)6-18)22-7-13(20)10-3-2-9(16)5-12(10)17/h2-5H,7H2,1H3,(H,19,21). The van der Waals surface area contributed by atoms with Crippen LogP contribution in [0.5, 0.6) is 0 Å². The third kappa shape index (κ3) is 3.72. The lowest BCUT2D eigenvalue weighted by Crippen LogP contribution is -2.10. The van der Waals surface area contributed by atoms with E-state index in [0.717, 1.165) is 11.8 Å². The first-order valence-electron chi connectivity index (χ1n) is 6.17. The first kappa shape index (κ1) is 16.6. The van der Waals surface area contributed by atoms with Gasteiger partial charge in [0, 0.05) is 16.7 Å². The molecule has 0 aliphatic rings. The maximum absolute atomic E-state index is 12.2. The Morgan fingerprint density at radius 2 is 2.09 bits per heavy atom. The maximum atomic E-state index is 12.2. The number of pyridine rings is 1. The van der Waals surface area contributed by atoms with Crippen LogP contribution in [0, 0.1) is 18.3 Å². The molecule has 0 aliphatic heterocycles. The zero-order chi connectivity index (χ0) is 16.3. The number of aromatic nitrogens is 1. The number of thioether (sulfide) groups is 1. The van der Waals surface area contributed by atoms with Gasteiger partial charge in [-0.3, -0.25) is 9.59 Å². The van der Waals surface area contributed by atoms with E-state index in [0.29, 0.717) is 26.7 Å². The number of hydrogen-bond acceptors (Lipinski definition) is 4. The minimum atomic E-state index is -0.309. The fourth-order valence-corrected chi connectivity index (χ4v) is 3.31. The second-order valence-corrected chi connectivity index (χ2v) is 6.30. The van der Waals surface area contributed by atoms with Crippen molar-refractivity contribution in [3.8, 4) is 6.07 Å². The van der Waals surface area contributed by atoms with E-state index in [1.807, 2.05) is 6.07 Å². The number of nitrogens with zero attached hydrogens (tertiary/aromatic N) is 1. The molecule has 0 radical (unpaired) electrons. The summed E-state index contributed by atoms with van der Waals surface area (Å²) >= 11 is 12.9. The molecule has 7 heteroatoms. The number of aromatic amines is 1. The Labute approximate surface area is 141 Å². The predicted octanol–water partition coefficient (Wildman–Crippen LogP) is 3.84. The molecule has 0 saturated carbocycles. The monoisotopic (exact) mass is 352 g/mol. The topological polar surface area (TPSA) is 73.7 Å². The molecule has 112 valence electrons. The van der Waals surface area contributed by atoms with Crippen LogP contribution in [0.4, 0.5) is 0 Å². The van der Waals surface area contributed by atoms with Gasteiger partial charge in [0.2, 0.25) is 5.56 Å². The van der Waals surface area contributed by atoms with Gasteiger partial charge in [0.15, 0.2) is 5.78 Å². The van der Waals surface area contributed by atoms with Gasteiger partial charge in [-0.2, -0.15) is 5.26 Å². The number of Topliss-reactive ketones (excluding diaryl/α,β-unsaturated/α-hetero) is 1. The van der Waals surface area contributed by atoms with E-state index in [9.17, 15) is 9.59 Å². The highest BCUT2D eigenvalue weighted by molar-refractivity contribution is 8.00. The van der Waals surface area contributed by atoms with E-state index >= 15 is 0 Å². The quantitative estimate of drug-likeness (QED) is 0.670. The highest BCUT2D eigenvalue weighted by Gasteiger charge is 2.14. The van der Waals surface area contributed by atoms with E-state index in [2.05, 4.69) is 4.98 Å². The molecule has 0 spiro atoms. The van der Waals surface area contributed by atoms with Crippen LogP contribution < -0.4 is 5.56 Å². The number of H-pyrrole nitrogens is 1. The predicted molar refractivity (Wildman–Crippen MR) is 88.0 cm³/mol. The lowest BCUT2D eigenvalue weighted by Gasteiger charge is -2.07. The maximum Gasteiger partial charge on any atom is 0.249 e. The van der Waals surface area contributed by atoms with Crippen LogP contribution in [0.15, 0.2) is 34.1 Å². The molecule has 0 unspecified atom stereocenters. The number of benzene rings is 1. The average Bonchev–Trinajstić information content (AvgIpc) is 2.44. The number of aryl methyl sites for hydroxylation is 1. The third-order valence-corrected chi connectivity index (χ3v) is 4.45. The summed E-state index contributed by atoms with van der Waals surface area (Å²) in [6, 6.07) is 8.01. The van der Waals surface area contributed by atoms with Crippen LogP contribution in [-0.4, -0.2) is 16.5 Å². The van der Waals surface area contributed by atoms with Crippen molar-refractivity contribution in [3.63, 3.8) is 0 Å². The molecule has 0 atom stereocenters. The van der Waals surface area contributed by atoms with Crippen molar-refractivity contribution in [2.75, 3.05) is 5.75 Å². The first-order valence-corrected chi connectivity index (χ1v) is 7.91. The van der Waals surface area contributed by atoms with Crippen LogP contribution in [0.25, 0.3) is 0 Å². The summed E-state index contributed by atoms with van der Waals surface area (Å²) in [5.74, 6) is -0.159. The van der Waals surface area contributed by atoms with E-state index < -0.39 is 0 Å². The lowest BCUT2D eigenvalue weighted by atomic mass is 10.1. The van der Waals surface area contributed by atoms with Gasteiger partial charge in [0.1, 0.15) is 6.07 Å². The Morgan fingerprint density at radius 3 is 2.73 bits per heavy atom. The SMILES string of the molecule is Cc1cc(=O)[nH]c(SCC(=O)c2ccc(Cl)cc2Cl)c1C#N. The Hall–Kier alpha value is -1.74. The van der Waals surface area contributed by atoms with Gasteiger partial charge < -0.3 is 4.98 Å². The summed E-state index contributed by atoms with van der Waals surface area (Å²) in [5, 5.41) is 10.2. The fourth-order valence-electron chi connectivity index (χ4n) is 1.84. The summed E-state index contributed by atoms with van der Waals surface area (Å²) in [7, 11) is 0. The largest absolute Gasteiger partial charge is 0.316 e.